The van der Waals surface area contributed by atoms with Gasteiger partial charge in [0.2, 0.25) is 5.91 Å². The number of ether oxygens (including phenoxy) is 2. The highest BCUT2D eigenvalue weighted by Gasteiger charge is 2.44. The zero-order valence-corrected chi connectivity index (χ0v) is 37.7. The average Bonchev–Trinajstić information content (AvgIpc) is 3.23. The Kier molecular flexibility index (Phi) is 36.5. The van der Waals surface area contributed by atoms with E-state index in [0.29, 0.717) is 12.8 Å². The third-order valence-electron chi connectivity index (χ3n) is 12.1. The van der Waals surface area contributed by atoms with Crippen molar-refractivity contribution >= 4 is 5.91 Å². The van der Waals surface area contributed by atoms with Crippen molar-refractivity contribution < 1.29 is 50.0 Å². The smallest absolute Gasteiger partial charge is 0.249 e. The van der Waals surface area contributed by atoms with Gasteiger partial charge in [0.05, 0.1) is 25.4 Å². The molecular weight excluding hydrogens is 751 g/mol. The Bertz CT molecular complexity index is 970. The Morgan fingerprint density at radius 2 is 1.00 bits per heavy atom. The first-order chi connectivity index (χ1) is 28.7. The van der Waals surface area contributed by atoms with Gasteiger partial charge in [-0.2, -0.15) is 0 Å². The summed E-state index contributed by atoms with van der Waals surface area (Å²) in [5.74, 6) is -0.704. The van der Waals surface area contributed by atoms with Crippen LogP contribution in [0.3, 0.4) is 0 Å². The van der Waals surface area contributed by atoms with E-state index in [1.165, 1.54) is 141 Å². The number of aliphatic hydroxyl groups is 7. The van der Waals surface area contributed by atoms with Gasteiger partial charge in [-0.3, -0.25) is 4.79 Å². The third-order valence-corrected chi connectivity index (χ3v) is 12.1. The van der Waals surface area contributed by atoms with Crippen LogP contribution in [0.4, 0.5) is 0 Å². The molecule has 9 atom stereocenters. The quantitative estimate of drug-likeness (QED) is 0.0219. The Balaban J connectivity index is 2.41. The van der Waals surface area contributed by atoms with Crippen LogP contribution in [0.1, 0.15) is 219 Å². The van der Waals surface area contributed by atoms with Gasteiger partial charge in [0.15, 0.2) is 6.29 Å². The second kappa shape index (κ2) is 38.5. The standard InChI is InChI=1S/C48H93NO10/c1-3-5-7-9-11-13-15-17-18-19-20-21-22-24-26-28-30-32-34-36-41(52)47(57)49-39(38-58-48-46(56)45(55)44(54)42(37-50)59-48)43(53)40(51)35-33-31-29-27-25-23-16-14-12-10-8-6-4-2/h27,29,39-46,48,50-56H,3-26,28,30-38H2,1-2H3,(H,49,57). The normalized spacial score (nSPS) is 21.8. The lowest BCUT2D eigenvalue weighted by atomic mass is 9.98. The van der Waals surface area contributed by atoms with Crippen molar-refractivity contribution in [2.24, 2.45) is 0 Å². The molecule has 1 heterocycles. The highest BCUT2D eigenvalue weighted by Crippen LogP contribution is 2.23. The molecule has 11 heteroatoms. The number of hydrogen-bond acceptors (Lipinski definition) is 10. The number of carbonyl (C=O) groups is 1. The maximum Gasteiger partial charge on any atom is 0.249 e. The molecule has 1 aliphatic heterocycles. The molecule has 1 fully saturated rings. The SMILES string of the molecule is CCCCCCCCCCC=CCCCC(O)C(O)C(COC1OC(CO)C(O)C(O)C1O)NC(=O)C(O)CCCCCCCCCCCCCCCCCCCCC. The summed E-state index contributed by atoms with van der Waals surface area (Å²) >= 11 is 0. The summed E-state index contributed by atoms with van der Waals surface area (Å²) in [6.45, 7) is 3.43. The molecule has 8 N–H and O–H groups in total. The second-order valence-corrected chi connectivity index (χ2v) is 17.5. The van der Waals surface area contributed by atoms with Gasteiger partial charge in [0.1, 0.15) is 36.6 Å². The summed E-state index contributed by atoms with van der Waals surface area (Å²) < 4.78 is 11.1. The fourth-order valence-corrected chi connectivity index (χ4v) is 7.97. The van der Waals surface area contributed by atoms with E-state index in [1.54, 1.807) is 0 Å². The highest BCUT2D eigenvalue weighted by molar-refractivity contribution is 5.80. The number of unbranched alkanes of at least 4 members (excludes halogenated alkanes) is 27. The first-order valence-electron chi connectivity index (χ1n) is 24.6. The zero-order valence-electron chi connectivity index (χ0n) is 37.7. The number of carbonyl (C=O) groups excluding carboxylic acids is 1. The van der Waals surface area contributed by atoms with Crippen molar-refractivity contribution in [3.63, 3.8) is 0 Å². The fourth-order valence-electron chi connectivity index (χ4n) is 7.97. The van der Waals surface area contributed by atoms with Crippen LogP contribution in [0.2, 0.25) is 0 Å². The average molecular weight is 844 g/mol. The topological polar surface area (TPSA) is 189 Å². The van der Waals surface area contributed by atoms with Gasteiger partial charge in [-0.25, -0.2) is 0 Å². The number of amides is 1. The molecule has 0 radical (unpaired) electrons. The van der Waals surface area contributed by atoms with Crippen LogP contribution < -0.4 is 5.32 Å². The monoisotopic (exact) mass is 844 g/mol. The number of nitrogens with one attached hydrogen (secondary N) is 1. The molecule has 11 nitrogen and oxygen atoms in total. The zero-order chi connectivity index (χ0) is 43.4. The highest BCUT2D eigenvalue weighted by atomic mass is 16.7. The first kappa shape index (κ1) is 55.9. The van der Waals surface area contributed by atoms with E-state index >= 15 is 0 Å². The molecule has 350 valence electrons. The van der Waals surface area contributed by atoms with E-state index in [0.717, 1.165) is 38.5 Å². The molecule has 0 aromatic rings. The predicted molar refractivity (Wildman–Crippen MR) is 238 cm³/mol. The van der Waals surface area contributed by atoms with Crippen LogP contribution in [-0.2, 0) is 14.3 Å². The van der Waals surface area contributed by atoms with Gasteiger partial charge in [-0.1, -0.05) is 193 Å². The molecule has 9 unspecified atom stereocenters. The Labute approximate surface area is 360 Å². The molecular formula is C48H93NO10. The van der Waals surface area contributed by atoms with Crippen molar-refractivity contribution in [1.29, 1.82) is 0 Å². The maximum atomic E-state index is 13.1. The fraction of sp³-hybridized carbons (Fsp3) is 0.938. The lowest BCUT2D eigenvalue weighted by Crippen LogP contribution is -2.60. The summed E-state index contributed by atoms with van der Waals surface area (Å²) in [5.41, 5.74) is 0. The van der Waals surface area contributed by atoms with Crippen LogP contribution in [0.25, 0.3) is 0 Å². The van der Waals surface area contributed by atoms with Gasteiger partial charge >= 0.3 is 0 Å². The Morgan fingerprint density at radius 3 is 1.46 bits per heavy atom. The number of aliphatic hydroxyl groups excluding tert-OH is 7. The number of allylic oxidation sites excluding steroid dienone is 2. The maximum absolute atomic E-state index is 13.1. The largest absolute Gasteiger partial charge is 0.394 e. The molecule has 0 aliphatic carbocycles. The van der Waals surface area contributed by atoms with E-state index in [4.69, 9.17) is 9.47 Å². The molecule has 0 saturated carbocycles. The molecule has 0 spiro atoms. The van der Waals surface area contributed by atoms with Gasteiger partial charge in [0, 0.05) is 0 Å². The minimum absolute atomic E-state index is 0.259. The van der Waals surface area contributed by atoms with E-state index in [2.05, 4.69) is 31.3 Å². The van der Waals surface area contributed by atoms with E-state index in [9.17, 15) is 40.5 Å². The lowest BCUT2D eigenvalue weighted by Gasteiger charge is -2.40. The molecule has 1 aliphatic rings. The van der Waals surface area contributed by atoms with Gasteiger partial charge in [-0.15, -0.1) is 0 Å². The van der Waals surface area contributed by atoms with E-state index in [-0.39, 0.29) is 12.8 Å². The summed E-state index contributed by atoms with van der Waals surface area (Å²) in [6, 6.07) is -1.18. The van der Waals surface area contributed by atoms with Gasteiger partial charge in [-0.05, 0) is 38.5 Å². The molecule has 1 amide bonds. The first-order valence-corrected chi connectivity index (χ1v) is 24.6. The predicted octanol–water partition coefficient (Wildman–Crippen LogP) is 8.45. The van der Waals surface area contributed by atoms with E-state index < -0.39 is 74.2 Å². The lowest BCUT2D eigenvalue weighted by molar-refractivity contribution is -0.303. The summed E-state index contributed by atoms with van der Waals surface area (Å²) in [5, 5.41) is 75.7. The second-order valence-electron chi connectivity index (χ2n) is 17.5. The van der Waals surface area contributed by atoms with Crippen LogP contribution in [0.15, 0.2) is 12.2 Å². The third kappa shape index (κ3) is 28.2. The minimum atomic E-state index is -1.66. The van der Waals surface area contributed by atoms with Crippen LogP contribution in [0, 0.1) is 0 Å². The number of hydrogen-bond donors (Lipinski definition) is 8. The van der Waals surface area contributed by atoms with Gasteiger partial charge in [0.25, 0.3) is 0 Å². The molecule has 0 bridgehead atoms. The summed E-state index contributed by atoms with van der Waals surface area (Å²) in [6.07, 6.45) is 29.8. The molecule has 59 heavy (non-hydrogen) atoms. The van der Waals surface area contributed by atoms with E-state index in [1.807, 2.05) is 0 Å². The Morgan fingerprint density at radius 1 is 0.576 bits per heavy atom. The minimum Gasteiger partial charge on any atom is -0.394 e. The van der Waals surface area contributed by atoms with Crippen molar-refractivity contribution in [2.45, 2.75) is 274 Å². The molecule has 0 aromatic heterocycles. The van der Waals surface area contributed by atoms with Crippen LogP contribution in [0.5, 0.6) is 0 Å². The molecule has 0 aromatic carbocycles. The molecule has 1 rings (SSSR count). The van der Waals surface area contributed by atoms with Crippen molar-refractivity contribution in [3.05, 3.63) is 12.2 Å². The van der Waals surface area contributed by atoms with Gasteiger partial charge < -0.3 is 50.5 Å². The van der Waals surface area contributed by atoms with Crippen molar-refractivity contribution in [3.8, 4) is 0 Å². The van der Waals surface area contributed by atoms with Crippen molar-refractivity contribution in [2.75, 3.05) is 13.2 Å². The number of rotatable bonds is 41. The van der Waals surface area contributed by atoms with Crippen molar-refractivity contribution in [1.82, 2.24) is 5.32 Å². The molecule has 1 saturated heterocycles. The van der Waals surface area contributed by atoms with Crippen LogP contribution in [-0.4, -0.2) is 110 Å². The summed E-state index contributed by atoms with van der Waals surface area (Å²) in [7, 11) is 0. The summed E-state index contributed by atoms with van der Waals surface area (Å²) in [4.78, 5) is 13.1. The Hall–Kier alpha value is -1.15. The van der Waals surface area contributed by atoms with Crippen LogP contribution >= 0.6 is 0 Å².